The van der Waals surface area contributed by atoms with Crippen LogP contribution in [0, 0.1) is 0 Å². The number of benzene rings is 1. The second kappa shape index (κ2) is 7.81. The molecule has 5 nitrogen and oxygen atoms in total. The summed E-state index contributed by atoms with van der Waals surface area (Å²) in [4.78, 5) is 23.8. The average molecular weight is 384 g/mol. The quantitative estimate of drug-likeness (QED) is 0.789. The second-order valence-electron chi connectivity index (χ2n) is 5.96. The fourth-order valence-electron chi connectivity index (χ4n) is 3.00. The molecule has 0 atom stereocenters. The van der Waals surface area contributed by atoms with Crippen LogP contribution in [-0.4, -0.2) is 29.6 Å². The molecule has 126 valence electrons. The Morgan fingerprint density at radius 1 is 1.30 bits per heavy atom. The van der Waals surface area contributed by atoms with E-state index in [2.05, 4.69) is 21.2 Å². The van der Waals surface area contributed by atoms with Crippen molar-refractivity contribution in [3.8, 4) is 5.75 Å². The maximum Gasteiger partial charge on any atom is 0.329 e. The van der Waals surface area contributed by atoms with Crippen molar-refractivity contribution in [2.24, 2.45) is 0 Å². The summed E-state index contributed by atoms with van der Waals surface area (Å²) in [6.45, 7) is 0. The van der Waals surface area contributed by atoms with Crippen molar-refractivity contribution in [1.82, 2.24) is 5.32 Å². The van der Waals surface area contributed by atoms with E-state index in [9.17, 15) is 14.7 Å². The fraction of sp³-hybridized carbons (Fsp3) is 0.529. The summed E-state index contributed by atoms with van der Waals surface area (Å²) in [6, 6.07) is 5.67. The molecule has 6 heteroatoms. The number of carbonyl (C=O) groups is 2. The molecule has 0 bridgehead atoms. The third-order valence-corrected chi connectivity index (χ3v) is 4.97. The van der Waals surface area contributed by atoms with Gasteiger partial charge < -0.3 is 15.2 Å². The van der Waals surface area contributed by atoms with Gasteiger partial charge in [-0.1, -0.05) is 25.3 Å². The molecule has 0 radical (unpaired) electrons. The second-order valence-corrected chi connectivity index (χ2v) is 6.82. The molecule has 0 aliphatic heterocycles. The Balaban J connectivity index is 1.94. The number of aryl methyl sites for hydroxylation is 1. The number of carbonyl (C=O) groups excluding carboxylic acids is 1. The van der Waals surface area contributed by atoms with Crippen molar-refractivity contribution in [3.05, 3.63) is 28.2 Å². The molecule has 1 aliphatic carbocycles. The monoisotopic (exact) mass is 383 g/mol. The van der Waals surface area contributed by atoms with Gasteiger partial charge in [-0.15, -0.1) is 0 Å². The predicted molar refractivity (Wildman–Crippen MR) is 90.6 cm³/mol. The predicted octanol–water partition coefficient (Wildman–Crippen LogP) is 3.29. The van der Waals surface area contributed by atoms with Crippen molar-refractivity contribution in [3.63, 3.8) is 0 Å². The molecule has 0 saturated heterocycles. The molecule has 0 unspecified atom stereocenters. The highest BCUT2D eigenvalue weighted by atomic mass is 79.9. The van der Waals surface area contributed by atoms with Gasteiger partial charge in [0.25, 0.3) is 0 Å². The van der Waals surface area contributed by atoms with Crippen LogP contribution in [0.5, 0.6) is 5.75 Å². The van der Waals surface area contributed by atoms with E-state index in [1.807, 2.05) is 18.2 Å². The summed E-state index contributed by atoms with van der Waals surface area (Å²) in [5.41, 5.74) is -0.0728. The van der Waals surface area contributed by atoms with Crippen LogP contribution in [0.1, 0.15) is 44.1 Å². The SMILES string of the molecule is COc1ccc(CCC(=O)NC2(C(=O)O)CCCCC2)cc1Br. The zero-order valence-electron chi connectivity index (χ0n) is 13.2. The lowest BCUT2D eigenvalue weighted by Crippen LogP contribution is -2.55. The number of ether oxygens (including phenoxy) is 1. The molecule has 1 saturated carbocycles. The minimum atomic E-state index is -1.07. The van der Waals surface area contributed by atoms with Crippen LogP contribution in [-0.2, 0) is 16.0 Å². The molecular formula is C17H22BrNO4. The van der Waals surface area contributed by atoms with Crippen LogP contribution in [0.3, 0.4) is 0 Å². The highest BCUT2D eigenvalue weighted by molar-refractivity contribution is 9.10. The summed E-state index contributed by atoms with van der Waals surface area (Å²) in [5.74, 6) is -0.385. The molecule has 1 fully saturated rings. The lowest BCUT2D eigenvalue weighted by molar-refractivity contribution is -0.149. The fourth-order valence-corrected chi connectivity index (χ4v) is 3.59. The average Bonchev–Trinajstić information content (AvgIpc) is 2.54. The number of carboxylic acid groups (broad SMARTS) is 1. The van der Waals surface area contributed by atoms with Crippen molar-refractivity contribution < 1.29 is 19.4 Å². The molecule has 1 aromatic carbocycles. The number of nitrogens with one attached hydrogen (secondary N) is 1. The number of carboxylic acids is 1. The number of hydrogen-bond acceptors (Lipinski definition) is 3. The van der Waals surface area contributed by atoms with Crippen molar-refractivity contribution >= 4 is 27.8 Å². The van der Waals surface area contributed by atoms with Gasteiger partial charge in [0, 0.05) is 6.42 Å². The number of halogens is 1. The summed E-state index contributed by atoms with van der Waals surface area (Å²) >= 11 is 3.42. The van der Waals surface area contributed by atoms with Gasteiger partial charge in [-0.2, -0.15) is 0 Å². The maximum atomic E-state index is 12.2. The normalized spacial score (nSPS) is 16.6. The van der Waals surface area contributed by atoms with E-state index in [0.717, 1.165) is 35.0 Å². The van der Waals surface area contributed by atoms with Gasteiger partial charge in [-0.3, -0.25) is 4.79 Å². The van der Waals surface area contributed by atoms with Gasteiger partial charge in [-0.25, -0.2) is 4.79 Å². The third-order valence-electron chi connectivity index (χ3n) is 4.35. The highest BCUT2D eigenvalue weighted by Gasteiger charge is 2.40. The van der Waals surface area contributed by atoms with E-state index >= 15 is 0 Å². The molecule has 0 spiro atoms. The zero-order valence-corrected chi connectivity index (χ0v) is 14.8. The first-order valence-corrected chi connectivity index (χ1v) is 8.63. The van der Waals surface area contributed by atoms with Crippen molar-refractivity contribution in [1.29, 1.82) is 0 Å². The molecule has 2 rings (SSSR count). The Bertz CT molecular complexity index is 582. The smallest absolute Gasteiger partial charge is 0.329 e. The van der Waals surface area contributed by atoms with E-state index in [1.165, 1.54) is 0 Å². The van der Waals surface area contributed by atoms with Crippen LogP contribution in [0.15, 0.2) is 22.7 Å². The van der Waals surface area contributed by atoms with Crippen LogP contribution in [0.4, 0.5) is 0 Å². The molecule has 1 aliphatic rings. The van der Waals surface area contributed by atoms with E-state index in [1.54, 1.807) is 7.11 Å². The molecule has 0 heterocycles. The van der Waals surface area contributed by atoms with Crippen molar-refractivity contribution in [2.45, 2.75) is 50.5 Å². The number of hydrogen-bond donors (Lipinski definition) is 2. The molecular weight excluding hydrogens is 362 g/mol. The first kappa shape index (κ1) is 17.8. The number of methoxy groups -OCH3 is 1. The topological polar surface area (TPSA) is 75.6 Å². The van der Waals surface area contributed by atoms with Crippen molar-refractivity contribution in [2.75, 3.05) is 7.11 Å². The highest BCUT2D eigenvalue weighted by Crippen LogP contribution is 2.29. The van der Waals surface area contributed by atoms with E-state index < -0.39 is 11.5 Å². The summed E-state index contributed by atoms with van der Waals surface area (Å²) in [6.07, 6.45) is 4.59. The van der Waals surface area contributed by atoms with Crippen LogP contribution >= 0.6 is 15.9 Å². The maximum absolute atomic E-state index is 12.2. The van der Waals surface area contributed by atoms with Gasteiger partial charge in [0.2, 0.25) is 5.91 Å². The molecule has 23 heavy (non-hydrogen) atoms. The van der Waals surface area contributed by atoms with Gasteiger partial charge in [0.1, 0.15) is 11.3 Å². The largest absolute Gasteiger partial charge is 0.496 e. The van der Waals surface area contributed by atoms with E-state index in [-0.39, 0.29) is 12.3 Å². The Morgan fingerprint density at radius 2 is 2.00 bits per heavy atom. The molecule has 1 amide bonds. The minimum absolute atomic E-state index is 0.207. The Hall–Kier alpha value is -1.56. The Kier molecular flexibility index (Phi) is 6.04. The van der Waals surface area contributed by atoms with Gasteiger partial charge in [0.15, 0.2) is 0 Å². The minimum Gasteiger partial charge on any atom is -0.496 e. The first-order valence-electron chi connectivity index (χ1n) is 7.84. The molecule has 2 N–H and O–H groups in total. The number of amides is 1. The standard InChI is InChI=1S/C17H22BrNO4/c1-23-14-7-5-12(11-13(14)18)6-8-15(20)19-17(16(21)22)9-3-2-4-10-17/h5,7,11H,2-4,6,8-10H2,1H3,(H,19,20)(H,21,22). The van der Waals surface area contributed by atoms with Gasteiger partial charge in [0.05, 0.1) is 11.6 Å². The van der Waals surface area contributed by atoms with E-state index in [0.29, 0.717) is 19.3 Å². The third kappa shape index (κ3) is 4.47. The summed E-state index contributed by atoms with van der Waals surface area (Å²) in [7, 11) is 1.60. The van der Waals surface area contributed by atoms with E-state index in [4.69, 9.17) is 4.74 Å². The Labute approximate surface area is 144 Å². The molecule has 1 aromatic rings. The summed E-state index contributed by atoms with van der Waals surface area (Å²) < 4.78 is 6.01. The summed E-state index contributed by atoms with van der Waals surface area (Å²) in [5, 5.41) is 12.2. The van der Waals surface area contributed by atoms with Crippen LogP contribution in [0.25, 0.3) is 0 Å². The lowest BCUT2D eigenvalue weighted by Gasteiger charge is -2.34. The van der Waals surface area contributed by atoms with Crippen LogP contribution < -0.4 is 10.1 Å². The lowest BCUT2D eigenvalue weighted by atomic mass is 9.81. The van der Waals surface area contributed by atoms with Gasteiger partial charge in [-0.05, 0) is 52.9 Å². The van der Waals surface area contributed by atoms with Crippen LogP contribution in [0.2, 0.25) is 0 Å². The zero-order chi connectivity index (χ0) is 16.9. The first-order chi connectivity index (χ1) is 11.0. The Morgan fingerprint density at radius 3 is 2.57 bits per heavy atom. The molecule has 0 aromatic heterocycles. The number of rotatable bonds is 6. The number of aliphatic carboxylic acids is 1. The van der Waals surface area contributed by atoms with Gasteiger partial charge >= 0.3 is 5.97 Å².